The molecule has 0 aliphatic carbocycles. The van der Waals surface area contributed by atoms with E-state index in [1.54, 1.807) is 0 Å². The van der Waals surface area contributed by atoms with Gasteiger partial charge in [-0.1, -0.05) is 30.3 Å². The van der Waals surface area contributed by atoms with Crippen molar-refractivity contribution in [1.29, 1.82) is 0 Å². The van der Waals surface area contributed by atoms with E-state index in [2.05, 4.69) is 14.7 Å². The number of carbonyl (C=O) groups is 1. The highest BCUT2D eigenvalue weighted by Gasteiger charge is 2.41. The number of aliphatic hydroxyl groups excluding tert-OH is 1. The van der Waals surface area contributed by atoms with Crippen LogP contribution in [0.25, 0.3) is 0 Å². The van der Waals surface area contributed by atoms with Gasteiger partial charge < -0.3 is 5.11 Å². The topological polar surface area (TPSA) is 92.7 Å². The van der Waals surface area contributed by atoms with Crippen molar-refractivity contribution in [1.82, 2.24) is 0 Å². The summed E-state index contributed by atoms with van der Waals surface area (Å²) in [5.41, 5.74) is 0.796. The molecule has 24 heavy (non-hydrogen) atoms. The molecule has 1 aromatic rings. The SMILES string of the molecule is COO[C@H]([C@@H](OOC)[C@@H](OOC)C(=O)Cc1ccccc1)[C@H](C)O. The highest BCUT2D eigenvalue weighted by atomic mass is 17.2. The summed E-state index contributed by atoms with van der Waals surface area (Å²) < 4.78 is 0. The molecule has 136 valence electrons. The molecule has 0 fully saturated rings. The zero-order valence-electron chi connectivity index (χ0n) is 14.2. The van der Waals surface area contributed by atoms with Crippen molar-refractivity contribution >= 4 is 5.78 Å². The lowest BCUT2D eigenvalue weighted by atomic mass is 9.97. The van der Waals surface area contributed by atoms with Crippen LogP contribution in [0.4, 0.5) is 0 Å². The number of Topliss-reactive ketones (excluding diaryl/α,β-unsaturated/α-hetero) is 1. The summed E-state index contributed by atoms with van der Waals surface area (Å²) in [6, 6.07) is 9.12. The summed E-state index contributed by atoms with van der Waals surface area (Å²) >= 11 is 0. The van der Waals surface area contributed by atoms with Gasteiger partial charge in [0.2, 0.25) is 0 Å². The first-order valence-corrected chi connectivity index (χ1v) is 7.38. The zero-order valence-corrected chi connectivity index (χ0v) is 14.2. The zero-order chi connectivity index (χ0) is 17.9. The molecule has 0 spiro atoms. The van der Waals surface area contributed by atoms with Gasteiger partial charge in [-0.15, -0.1) is 0 Å². The Morgan fingerprint density at radius 3 is 2.00 bits per heavy atom. The Hall–Kier alpha value is -1.39. The molecule has 1 N–H and O–H groups in total. The van der Waals surface area contributed by atoms with E-state index in [-0.39, 0.29) is 12.2 Å². The second-order valence-corrected chi connectivity index (χ2v) is 5.01. The third-order valence-electron chi connectivity index (χ3n) is 3.25. The van der Waals surface area contributed by atoms with Crippen LogP contribution in [0.3, 0.4) is 0 Å². The van der Waals surface area contributed by atoms with E-state index in [9.17, 15) is 9.90 Å². The molecule has 0 unspecified atom stereocenters. The first-order valence-electron chi connectivity index (χ1n) is 7.38. The normalized spacial score (nSPS) is 16.4. The third kappa shape index (κ3) is 6.25. The Morgan fingerprint density at radius 1 is 0.958 bits per heavy atom. The number of aliphatic hydroxyl groups is 1. The maximum absolute atomic E-state index is 12.6. The molecular weight excluding hydrogens is 320 g/mol. The Morgan fingerprint density at radius 2 is 1.50 bits per heavy atom. The monoisotopic (exact) mass is 344 g/mol. The molecule has 1 rings (SSSR count). The van der Waals surface area contributed by atoms with Crippen molar-refractivity contribution in [2.75, 3.05) is 21.3 Å². The van der Waals surface area contributed by atoms with Gasteiger partial charge in [0.1, 0.15) is 0 Å². The molecule has 0 aliphatic heterocycles. The van der Waals surface area contributed by atoms with Gasteiger partial charge in [0.15, 0.2) is 24.1 Å². The van der Waals surface area contributed by atoms with Crippen LogP contribution < -0.4 is 0 Å². The number of ketones is 1. The number of hydrogen-bond donors (Lipinski definition) is 1. The predicted octanol–water partition coefficient (Wildman–Crippen LogP) is 1.02. The molecule has 0 saturated heterocycles. The van der Waals surface area contributed by atoms with E-state index in [4.69, 9.17) is 14.7 Å². The summed E-state index contributed by atoms with van der Waals surface area (Å²) in [6.07, 6.45) is -4.32. The standard InChI is InChI=1S/C16H24O8/c1-11(17)14(22-19-2)16(24-21-4)15(23-20-3)13(18)10-12-8-6-5-7-9-12/h5-9,11,14-17H,10H2,1-4H3/t11-,14-,15-,16+/m0/s1. The van der Waals surface area contributed by atoms with E-state index in [0.29, 0.717) is 0 Å². The van der Waals surface area contributed by atoms with E-state index in [0.717, 1.165) is 5.56 Å². The second-order valence-electron chi connectivity index (χ2n) is 5.01. The molecular formula is C16H24O8. The molecule has 4 atom stereocenters. The molecule has 0 heterocycles. The van der Waals surface area contributed by atoms with Crippen molar-refractivity contribution in [3.8, 4) is 0 Å². The number of rotatable bonds is 12. The number of hydrogen-bond acceptors (Lipinski definition) is 8. The van der Waals surface area contributed by atoms with Crippen LogP contribution in [0.2, 0.25) is 0 Å². The first-order chi connectivity index (χ1) is 11.5. The maximum Gasteiger partial charge on any atom is 0.183 e. The molecule has 0 radical (unpaired) electrons. The fourth-order valence-corrected chi connectivity index (χ4v) is 2.20. The van der Waals surface area contributed by atoms with Crippen LogP contribution >= 0.6 is 0 Å². The van der Waals surface area contributed by atoms with Crippen LogP contribution in [0.1, 0.15) is 12.5 Å². The maximum atomic E-state index is 12.6. The predicted molar refractivity (Wildman–Crippen MR) is 82.5 cm³/mol. The minimum atomic E-state index is -1.20. The first kappa shape index (κ1) is 20.7. The lowest BCUT2D eigenvalue weighted by Crippen LogP contribution is -2.51. The minimum absolute atomic E-state index is 0.0813. The van der Waals surface area contributed by atoms with Crippen LogP contribution in [0.5, 0.6) is 0 Å². The summed E-state index contributed by atoms with van der Waals surface area (Å²) in [5.74, 6) is -0.338. The smallest absolute Gasteiger partial charge is 0.183 e. The van der Waals surface area contributed by atoms with E-state index in [1.807, 2.05) is 30.3 Å². The number of benzene rings is 1. The molecule has 0 aliphatic rings. The largest absolute Gasteiger partial charge is 0.390 e. The van der Waals surface area contributed by atoms with Gasteiger partial charge in [0.05, 0.1) is 27.4 Å². The van der Waals surface area contributed by atoms with Crippen LogP contribution in [0.15, 0.2) is 30.3 Å². The molecule has 0 saturated carbocycles. The average Bonchev–Trinajstić information content (AvgIpc) is 2.56. The van der Waals surface area contributed by atoms with Crippen LogP contribution in [0, 0.1) is 0 Å². The average molecular weight is 344 g/mol. The lowest BCUT2D eigenvalue weighted by molar-refractivity contribution is -0.415. The number of carbonyl (C=O) groups excluding carboxylic acids is 1. The van der Waals surface area contributed by atoms with Crippen molar-refractivity contribution in [3.05, 3.63) is 35.9 Å². The molecule has 1 aromatic carbocycles. The van der Waals surface area contributed by atoms with Crippen molar-refractivity contribution < 1.29 is 39.2 Å². The summed E-state index contributed by atoms with van der Waals surface area (Å²) in [6.45, 7) is 1.46. The van der Waals surface area contributed by atoms with Gasteiger partial charge in [0, 0.05) is 6.42 Å². The van der Waals surface area contributed by atoms with Gasteiger partial charge >= 0.3 is 0 Å². The van der Waals surface area contributed by atoms with Gasteiger partial charge in [-0.25, -0.2) is 29.3 Å². The van der Waals surface area contributed by atoms with Crippen molar-refractivity contribution in [2.45, 2.75) is 37.8 Å². The van der Waals surface area contributed by atoms with Gasteiger partial charge in [0.25, 0.3) is 0 Å². The summed E-state index contributed by atoms with van der Waals surface area (Å²) in [5, 5.41) is 9.88. The Kier molecular flexibility index (Phi) is 9.65. The molecule has 0 amide bonds. The van der Waals surface area contributed by atoms with E-state index >= 15 is 0 Å². The van der Waals surface area contributed by atoms with Crippen molar-refractivity contribution in [3.63, 3.8) is 0 Å². The molecule has 8 nitrogen and oxygen atoms in total. The summed E-state index contributed by atoms with van der Waals surface area (Å²) in [4.78, 5) is 41.8. The van der Waals surface area contributed by atoms with Crippen LogP contribution in [-0.4, -0.2) is 56.6 Å². The Labute approximate surface area is 141 Å². The van der Waals surface area contributed by atoms with Gasteiger partial charge in [-0.05, 0) is 12.5 Å². The minimum Gasteiger partial charge on any atom is -0.390 e. The second kappa shape index (κ2) is 11.2. The third-order valence-corrected chi connectivity index (χ3v) is 3.25. The van der Waals surface area contributed by atoms with Gasteiger partial charge in [-0.3, -0.25) is 4.79 Å². The van der Waals surface area contributed by atoms with E-state index in [1.165, 1.54) is 28.3 Å². The highest BCUT2D eigenvalue weighted by molar-refractivity contribution is 5.85. The lowest BCUT2D eigenvalue weighted by Gasteiger charge is -2.30. The quantitative estimate of drug-likeness (QED) is 0.444. The van der Waals surface area contributed by atoms with E-state index < -0.39 is 24.4 Å². The molecule has 8 heteroatoms. The fourth-order valence-electron chi connectivity index (χ4n) is 2.20. The molecule has 0 aromatic heterocycles. The fraction of sp³-hybridized carbons (Fsp3) is 0.562. The van der Waals surface area contributed by atoms with Crippen LogP contribution in [-0.2, 0) is 40.5 Å². The summed E-state index contributed by atoms with van der Waals surface area (Å²) in [7, 11) is 3.81. The Balaban J connectivity index is 2.99. The van der Waals surface area contributed by atoms with Gasteiger partial charge in [-0.2, -0.15) is 0 Å². The molecule has 0 bridgehead atoms. The Bertz CT molecular complexity index is 464. The highest BCUT2D eigenvalue weighted by Crippen LogP contribution is 2.19. The van der Waals surface area contributed by atoms with Crippen molar-refractivity contribution in [2.24, 2.45) is 0 Å².